The Hall–Kier alpha value is -1.13. The fourth-order valence-corrected chi connectivity index (χ4v) is 2.36. The molecule has 1 saturated carbocycles. The van der Waals surface area contributed by atoms with Crippen LogP contribution in [0.15, 0.2) is 16.9 Å². The largest absolute Gasteiger partial charge is 0.383 e. The van der Waals surface area contributed by atoms with Crippen molar-refractivity contribution in [3.05, 3.63) is 33.7 Å². The van der Waals surface area contributed by atoms with Gasteiger partial charge in [-0.2, -0.15) is 0 Å². The number of hydrogen-bond acceptors (Lipinski definition) is 3. The SMILES string of the molecule is COCCn1c(C(C)(C)C)ccc(CNC2CC2)c1=O. The standard InChI is InChI=1S/C16H26N2O2/c1-16(2,3)14-8-5-12(11-17-13-6-7-13)15(19)18(14)9-10-20-4/h5,8,13,17H,6-7,9-11H2,1-4H3. The van der Waals surface area contributed by atoms with Gasteiger partial charge in [0.2, 0.25) is 0 Å². The van der Waals surface area contributed by atoms with E-state index in [1.807, 2.05) is 10.6 Å². The van der Waals surface area contributed by atoms with E-state index >= 15 is 0 Å². The molecule has 0 spiro atoms. The number of rotatable bonds is 6. The molecule has 0 amide bonds. The van der Waals surface area contributed by atoms with Crippen molar-refractivity contribution in [1.29, 1.82) is 0 Å². The van der Waals surface area contributed by atoms with Gasteiger partial charge in [-0.05, 0) is 18.9 Å². The Balaban J connectivity index is 2.29. The zero-order valence-electron chi connectivity index (χ0n) is 13.0. The third kappa shape index (κ3) is 3.70. The van der Waals surface area contributed by atoms with Gasteiger partial charge in [-0.25, -0.2) is 0 Å². The molecule has 4 heteroatoms. The number of nitrogens with one attached hydrogen (secondary N) is 1. The van der Waals surface area contributed by atoms with Crippen LogP contribution in [-0.2, 0) is 23.2 Å². The van der Waals surface area contributed by atoms with Crippen LogP contribution in [0.1, 0.15) is 44.9 Å². The molecule has 1 heterocycles. The van der Waals surface area contributed by atoms with E-state index < -0.39 is 0 Å². The van der Waals surface area contributed by atoms with E-state index in [4.69, 9.17) is 4.74 Å². The van der Waals surface area contributed by atoms with Crippen LogP contribution >= 0.6 is 0 Å². The second kappa shape index (κ2) is 6.10. The Bertz CT molecular complexity index is 510. The second-order valence-corrected chi connectivity index (χ2v) is 6.60. The summed E-state index contributed by atoms with van der Waals surface area (Å²) >= 11 is 0. The highest BCUT2D eigenvalue weighted by atomic mass is 16.5. The van der Waals surface area contributed by atoms with Gasteiger partial charge < -0.3 is 14.6 Å². The number of nitrogens with zero attached hydrogens (tertiary/aromatic N) is 1. The molecule has 1 aliphatic rings. The number of ether oxygens (including phenoxy) is 1. The predicted octanol–water partition coefficient (Wildman–Crippen LogP) is 2.04. The molecule has 0 aromatic carbocycles. The lowest BCUT2D eigenvalue weighted by atomic mass is 9.90. The third-order valence-electron chi connectivity index (χ3n) is 3.70. The molecule has 0 bridgehead atoms. The first-order valence-electron chi connectivity index (χ1n) is 7.39. The molecule has 0 atom stereocenters. The highest BCUT2D eigenvalue weighted by molar-refractivity contribution is 5.21. The molecular weight excluding hydrogens is 252 g/mol. The maximum Gasteiger partial charge on any atom is 0.255 e. The summed E-state index contributed by atoms with van der Waals surface area (Å²) in [7, 11) is 1.67. The number of methoxy groups -OCH3 is 1. The first-order chi connectivity index (χ1) is 9.43. The van der Waals surface area contributed by atoms with Gasteiger partial charge in [0.15, 0.2) is 0 Å². The molecule has 0 aliphatic heterocycles. The minimum atomic E-state index is -0.0463. The lowest BCUT2D eigenvalue weighted by Gasteiger charge is -2.25. The van der Waals surface area contributed by atoms with Gasteiger partial charge in [0.1, 0.15) is 0 Å². The van der Waals surface area contributed by atoms with Crippen molar-refractivity contribution in [3.8, 4) is 0 Å². The molecule has 1 N–H and O–H groups in total. The molecule has 2 rings (SSSR count). The van der Waals surface area contributed by atoms with Gasteiger partial charge in [-0.1, -0.05) is 26.8 Å². The monoisotopic (exact) mass is 278 g/mol. The summed E-state index contributed by atoms with van der Waals surface area (Å²) in [6.07, 6.45) is 2.47. The van der Waals surface area contributed by atoms with Crippen molar-refractivity contribution in [1.82, 2.24) is 9.88 Å². The minimum Gasteiger partial charge on any atom is -0.383 e. The van der Waals surface area contributed by atoms with Crippen LogP contribution in [0.5, 0.6) is 0 Å². The average Bonchev–Trinajstić information content (AvgIpc) is 3.18. The summed E-state index contributed by atoms with van der Waals surface area (Å²) in [5.41, 5.74) is 1.98. The van der Waals surface area contributed by atoms with Crippen molar-refractivity contribution < 1.29 is 4.74 Å². The van der Waals surface area contributed by atoms with Crippen molar-refractivity contribution in [2.75, 3.05) is 13.7 Å². The van der Waals surface area contributed by atoms with Crippen molar-refractivity contribution in [2.24, 2.45) is 0 Å². The molecule has 1 fully saturated rings. The Morgan fingerprint density at radius 2 is 2.05 bits per heavy atom. The molecule has 1 aromatic rings. The third-order valence-corrected chi connectivity index (χ3v) is 3.70. The highest BCUT2D eigenvalue weighted by Gasteiger charge is 2.22. The Morgan fingerprint density at radius 1 is 1.35 bits per heavy atom. The smallest absolute Gasteiger partial charge is 0.255 e. The minimum absolute atomic E-state index is 0.0463. The van der Waals surface area contributed by atoms with E-state index in [9.17, 15) is 4.79 Å². The van der Waals surface area contributed by atoms with Crippen LogP contribution in [0, 0.1) is 0 Å². The summed E-state index contributed by atoms with van der Waals surface area (Å²) in [6.45, 7) is 8.23. The zero-order chi connectivity index (χ0) is 14.8. The van der Waals surface area contributed by atoms with Crippen LogP contribution < -0.4 is 10.9 Å². The molecule has 0 unspecified atom stereocenters. The lowest BCUT2D eigenvalue weighted by Crippen LogP contribution is -2.34. The number of aromatic nitrogens is 1. The molecule has 0 radical (unpaired) electrons. The normalized spacial score (nSPS) is 15.6. The summed E-state index contributed by atoms with van der Waals surface area (Å²) in [5.74, 6) is 0. The summed E-state index contributed by atoms with van der Waals surface area (Å²) in [4.78, 5) is 12.6. The lowest BCUT2D eigenvalue weighted by molar-refractivity contribution is 0.184. The van der Waals surface area contributed by atoms with Crippen molar-refractivity contribution >= 4 is 0 Å². The quantitative estimate of drug-likeness (QED) is 0.866. The Kier molecular flexibility index (Phi) is 4.66. The fraction of sp³-hybridized carbons (Fsp3) is 0.688. The Morgan fingerprint density at radius 3 is 2.60 bits per heavy atom. The molecule has 1 aromatic heterocycles. The molecule has 1 aliphatic carbocycles. The second-order valence-electron chi connectivity index (χ2n) is 6.60. The zero-order valence-corrected chi connectivity index (χ0v) is 13.0. The van der Waals surface area contributed by atoms with Crippen molar-refractivity contribution in [3.63, 3.8) is 0 Å². The van der Waals surface area contributed by atoms with Gasteiger partial charge >= 0.3 is 0 Å². The average molecular weight is 278 g/mol. The molecular formula is C16H26N2O2. The van der Waals surface area contributed by atoms with Crippen LogP contribution in [0.3, 0.4) is 0 Å². The topological polar surface area (TPSA) is 43.3 Å². The van der Waals surface area contributed by atoms with E-state index in [1.54, 1.807) is 7.11 Å². The Labute approximate surface area is 121 Å². The summed E-state index contributed by atoms with van der Waals surface area (Å²) in [6, 6.07) is 4.67. The fourth-order valence-electron chi connectivity index (χ4n) is 2.36. The maximum atomic E-state index is 12.6. The van der Waals surface area contributed by atoms with Gasteiger partial charge in [-0.3, -0.25) is 4.79 Å². The van der Waals surface area contributed by atoms with E-state index in [1.165, 1.54) is 12.8 Å². The van der Waals surface area contributed by atoms with E-state index in [2.05, 4.69) is 32.2 Å². The molecule has 0 saturated heterocycles. The molecule has 20 heavy (non-hydrogen) atoms. The maximum absolute atomic E-state index is 12.6. The molecule has 4 nitrogen and oxygen atoms in total. The van der Waals surface area contributed by atoms with E-state index in [0.29, 0.717) is 25.7 Å². The predicted molar refractivity (Wildman–Crippen MR) is 81.1 cm³/mol. The van der Waals surface area contributed by atoms with Gasteiger partial charge in [-0.15, -0.1) is 0 Å². The van der Waals surface area contributed by atoms with E-state index in [0.717, 1.165) is 11.3 Å². The van der Waals surface area contributed by atoms with Gasteiger partial charge in [0.05, 0.1) is 6.61 Å². The first-order valence-corrected chi connectivity index (χ1v) is 7.39. The van der Waals surface area contributed by atoms with Crippen LogP contribution in [0.25, 0.3) is 0 Å². The molecule has 112 valence electrons. The van der Waals surface area contributed by atoms with Crippen LogP contribution in [-0.4, -0.2) is 24.3 Å². The first kappa shape index (κ1) is 15.3. The highest BCUT2D eigenvalue weighted by Crippen LogP contribution is 2.22. The van der Waals surface area contributed by atoms with Gasteiger partial charge in [0, 0.05) is 42.9 Å². The number of pyridine rings is 1. The summed E-state index contributed by atoms with van der Waals surface area (Å²) in [5, 5.41) is 3.41. The van der Waals surface area contributed by atoms with Crippen LogP contribution in [0.2, 0.25) is 0 Å². The number of hydrogen-bond donors (Lipinski definition) is 1. The van der Waals surface area contributed by atoms with Crippen molar-refractivity contribution in [2.45, 2.75) is 58.2 Å². The summed E-state index contributed by atoms with van der Waals surface area (Å²) < 4.78 is 7.01. The van der Waals surface area contributed by atoms with E-state index in [-0.39, 0.29) is 11.0 Å². The van der Waals surface area contributed by atoms with Crippen LogP contribution in [0.4, 0.5) is 0 Å². The van der Waals surface area contributed by atoms with Gasteiger partial charge in [0.25, 0.3) is 5.56 Å².